The van der Waals surface area contributed by atoms with Crippen molar-refractivity contribution < 1.29 is 9.59 Å². The number of carbonyl (C=O) groups excluding carboxylic acids is 2. The second-order valence-corrected chi connectivity index (χ2v) is 6.87. The first-order chi connectivity index (χ1) is 12.0. The van der Waals surface area contributed by atoms with Crippen LogP contribution >= 0.6 is 23.2 Å². The van der Waals surface area contributed by atoms with Crippen LogP contribution in [0, 0.1) is 0 Å². The van der Waals surface area contributed by atoms with E-state index in [0.717, 1.165) is 18.4 Å². The fraction of sp³-hybridized carbons (Fsp3) is 0.444. The molecule has 0 radical (unpaired) electrons. The topological polar surface area (TPSA) is 70.2 Å². The Hall–Kier alpha value is -1.56. The number of amides is 2. The van der Waals surface area contributed by atoms with Crippen molar-refractivity contribution in [3.63, 3.8) is 0 Å². The van der Waals surface area contributed by atoms with Crippen LogP contribution in [0.4, 0.5) is 0 Å². The number of nitrogens with one attached hydrogen (secondary N) is 3. The van der Waals surface area contributed by atoms with Crippen LogP contribution in [0.25, 0.3) is 0 Å². The Morgan fingerprint density at radius 3 is 2.88 bits per heavy atom. The van der Waals surface area contributed by atoms with Gasteiger partial charge in [-0.2, -0.15) is 0 Å². The minimum atomic E-state index is -0.456. The summed E-state index contributed by atoms with van der Waals surface area (Å²) in [4.78, 5) is 24.0. The Morgan fingerprint density at radius 2 is 2.16 bits per heavy atom. The first-order valence-corrected chi connectivity index (χ1v) is 9.13. The minimum absolute atomic E-state index is 0.0362. The Morgan fingerprint density at radius 1 is 1.36 bits per heavy atom. The molecule has 0 saturated carbocycles. The van der Waals surface area contributed by atoms with Crippen molar-refractivity contribution in [2.24, 2.45) is 0 Å². The van der Waals surface area contributed by atoms with Crippen LogP contribution in [0.5, 0.6) is 0 Å². The zero-order valence-electron chi connectivity index (χ0n) is 14.1. The number of hydrogen-bond donors (Lipinski definition) is 3. The van der Waals surface area contributed by atoms with Crippen LogP contribution in [0.15, 0.2) is 30.4 Å². The normalized spacial score (nSPS) is 19.3. The molecule has 1 unspecified atom stereocenters. The van der Waals surface area contributed by atoms with Crippen molar-refractivity contribution in [1.82, 2.24) is 16.0 Å². The molecule has 1 aromatic carbocycles. The number of rotatable bonds is 6. The number of hydrogen-bond acceptors (Lipinski definition) is 3. The highest BCUT2D eigenvalue weighted by molar-refractivity contribution is 6.42. The molecule has 1 heterocycles. The van der Waals surface area contributed by atoms with E-state index in [4.69, 9.17) is 23.2 Å². The van der Waals surface area contributed by atoms with E-state index in [1.54, 1.807) is 12.1 Å². The molecule has 1 fully saturated rings. The van der Waals surface area contributed by atoms with Crippen LogP contribution in [-0.2, 0) is 16.0 Å². The van der Waals surface area contributed by atoms with Gasteiger partial charge in [0.05, 0.1) is 10.0 Å². The van der Waals surface area contributed by atoms with E-state index in [0.29, 0.717) is 29.4 Å². The average Bonchev–Trinajstić information content (AvgIpc) is 2.79. The van der Waals surface area contributed by atoms with E-state index in [9.17, 15) is 9.59 Å². The third-order valence-corrected chi connectivity index (χ3v) is 4.88. The molecule has 0 aromatic heterocycles. The first kappa shape index (κ1) is 19.8. The third-order valence-electron chi connectivity index (χ3n) is 4.14. The second kappa shape index (κ2) is 9.80. The lowest BCUT2D eigenvalue weighted by atomic mass is 10.1. The summed E-state index contributed by atoms with van der Waals surface area (Å²) < 4.78 is 0. The smallest absolute Gasteiger partial charge is 0.244 e. The molecule has 136 valence electrons. The molecule has 2 atom stereocenters. The van der Waals surface area contributed by atoms with Gasteiger partial charge in [0.1, 0.15) is 6.04 Å². The highest BCUT2D eigenvalue weighted by Crippen LogP contribution is 2.23. The molecule has 7 heteroatoms. The highest BCUT2D eigenvalue weighted by atomic mass is 35.5. The Bertz CT molecular complexity index is 649. The molecule has 1 saturated heterocycles. The zero-order chi connectivity index (χ0) is 18.2. The standard InChI is InChI=1S/C18H23Cl2N3O2/c1-21-13(10-12-5-7-14(19)15(20)11-12)6-8-17(24)23-16-4-2-3-9-22-18(16)25/h5-8,11,13,16,21H,2-4,9-10H2,1H3,(H,22,25)(H,23,24)/t13-,16?/m0/s1. The summed E-state index contributed by atoms with van der Waals surface area (Å²) in [5, 5.41) is 9.74. The summed E-state index contributed by atoms with van der Waals surface area (Å²) in [6, 6.07) is 4.99. The van der Waals surface area contributed by atoms with Gasteiger partial charge in [-0.1, -0.05) is 35.3 Å². The van der Waals surface area contributed by atoms with Crippen molar-refractivity contribution in [1.29, 1.82) is 0 Å². The van der Waals surface area contributed by atoms with Gasteiger partial charge in [0.25, 0.3) is 0 Å². The maximum atomic E-state index is 12.1. The second-order valence-electron chi connectivity index (χ2n) is 6.05. The number of benzene rings is 1. The lowest BCUT2D eigenvalue weighted by molar-refractivity contribution is -0.126. The predicted octanol–water partition coefficient (Wildman–Crippen LogP) is 2.47. The Labute approximate surface area is 158 Å². The molecule has 2 rings (SSSR count). The van der Waals surface area contributed by atoms with E-state index in [1.807, 2.05) is 19.2 Å². The SMILES string of the molecule is CN[C@@H](C=CC(=O)NC1CCCCNC1=O)Cc1ccc(Cl)c(Cl)c1. The maximum absolute atomic E-state index is 12.1. The summed E-state index contributed by atoms with van der Waals surface area (Å²) in [5.74, 6) is -0.378. The molecular weight excluding hydrogens is 361 g/mol. The van der Waals surface area contributed by atoms with Gasteiger partial charge >= 0.3 is 0 Å². The molecule has 1 aliphatic rings. The summed E-state index contributed by atoms with van der Waals surface area (Å²) >= 11 is 12.0. The first-order valence-electron chi connectivity index (χ1n) is 8.37. The zero-order valence-corrected chi connectivity index (χ0v) is 15.7. The van der Waals surface area contributed by atoms with Gasteiger partial charge in [0.15, 0.2) is 0 Å². The van der Waals surface area contributed by atoms with Crippen molar-refractivity contribution in [3.8, 4) is 0 Å². The largest absolute Gasteiger partial charge is 0.354 e. The van der Waals surface area contributed by atoms with E-state index in [-0.39, 0.29) is 17.9 Å². The van der Waals surface area contributed by atoms with Crippen LogP contribution in [0.1, 0.15) is 24.8 Å². The van der Waals surface area contributed by atoms with Gasteiger partial charge in [-0.15, -0.1) is 0 Å². The van der Waals surface area contributed by atoms with Gasteiger partial charge in [0, 0.05) is 18.7 Å². The molecule has 0 bridgehead atoms. The average molecular weight is 384 g/mol. The Balaban J connectivity index is 1.91. The predicted molar refractivity (Wildman–Crippen MR) is 101 cm³/mol. The van der Waals surface area contributed by atoms with Crippen LogP contribution in [-0.4, -0.2) is 37.5 Å². The van der Waals surface area contributed by atoms with Crippen LogP contribution < -0.4 is 16.0 Å². The fourth-order valence-electron chi connectivity index (χ4n) is 2.69. The molecule has 5 nitrogen and oxygen atoms in total. The van der Waals surface area contributed by atoms with Crippen LogP contribution in [0.3, 0.4) is 0 Å². The number of likely N-dealkylation sites (N-methyl/N-ethyl adjacent to an activating group) is 1. The van der Waals surface area contributed by atoms with E-state index in [2.05, 4.69) is 16.0 Å². The number of carbonyl (C=O) groups is 2. The molecule has 1 aromatic rings. The summed E-state index contributed by atoms with van der Waals surface area (Å²) in [6.45, 7) is 0.673. The molecular formula is C18H23Cl2N3O2. The van der Waals surface area contributed by atoms with Gasteiger partial charge in [-0.05, 0) is 50.4 Å². The van der Waals surface area contributed by atoms with Crippen molar-refractivity contribution in [3.05, 3.63) is 46.0 Å². The molecule has 3 N–H and O–H groups in total. The van der Waals surface area contributed by atoms with E-state index < -0.39 is 6.04 Å². The maximum Gasteiger partial charge on any atom is 0.244 e. The molecule has 1 aliphatic heterocycles. The molecule has 0 spiro atoms. The van der Waals surface area contributed by atoms with Crippen molar-refractivity contribution in [2.75, 3.05) is 13.6 Å². The molecule has 0 aliphatic carbocycles. The third kappa shape index (κ3) is 6.34. The van der Waals surface area contributed by atoms with E-state index in [1.165, 1.54) is 6.08 Å². The summed E-state index contributed by atoms with van der Waals surface area (Å²) in [5.41, 5.74) is 1.02. The van der Waals surface area contributed by atoms with Crippen molar-refractivity contribution in [2.45, 2.75) is 37.8 Å². The van der Waals surface area contributed by atoms with Crippen LogP contribution in [0.2, 0.25) is 10.0 Å². The van der Waals surface area contributed by atoms with Gasteiger partial charge < -0.3 is 16.0 Å². The fourth-order valence-corrected chi connectivity index (χ4v) is 3.01. The lowest BCUT2D eigenvalue weighted by Crippen LogP contribution is -2.45. The van der Waals surface area contributed by atoms with Crippen molar-refractivity contribution >= 4 is 35.0 Å². The highest BCUT2D eigenvalue weighted by Gasteiger charge is 2.21. The van der Waals surface area contributed by atoms with E-state index >= 15 is 0 Å². The molecule has 2 amide bonds. The molecule has 25 heavy (non-hydrogen) atoms. The Kier molecular flexibility index (Phi) is 7.75. The quantitative estimate of drug-likeness (QED) is 0.660. The lowest BCUT2D eigenvalue weighted by Gasteiger charge is -2.15. The van der Waals surface area contributed by atoms with Gasteiger partial charge in [0.2, 0.25) is 11.8 Å². The summed E-state index contributed by atoms with van der Waals surface area (Å²) in [6.07, 6.45) is 6.46. The number of halogens is 2. The van der Waals surface area contributed by atoms with Gasteiger partial charge in [-0.25, -0.2) is 0 Å². The monoisotopic (exact) mass is 383 g/mol. The van der Waals surface area contributed by atoms with Gasteiger partial charge in [-0.3, -0.25) is 9.59 Å². The summed E-state index contributed by atoms with van der Waals surface area (Å²) in [7, 11) is 1.82. The minimum Gasteiger partial charge on any atom is -0.354 e.